The Morgan fingerprint density at radius 1 is 1.33 bits per heavy atom. The number of halogens is 1. The van der Waals surface area contributed by atoms with Crippen molar-refractivity contribution >= 4 is 28.8 Å². The molecule has 2 aromatic rings. The molecule has 2 rings (SSSR count). The lowest BCUT2D eigenvalue weighted by atomic mass is 10.2. The highest BCUT2D eigenvalue weighted by Crippen LogP contribution is 2.30. The smallest absolute Gasteiger partial charge is 0.242 e. The van der Waals surface area contributed by atoms with Crippen molar-refractivity contribution in [1.29, 1.82) is 0 Å². The maximum atomic E-state index is 6.05. The molecule has 0 aliphatic rings. The van der Waals surface area contributed by atoms with Gasteiger partial charge in [-0.3, -0.25) is 0 Å². The molecule has 0 amide bonds. The number of nitrogen functional groups attached to an aromatic ring is 1. The number of rotatable bonds is 3. The highest BCUT2D eigenvalue weighted by Gasteiger charge is 2.10. The lowest BCUT2D eigenvalue weighted by molar-refractivity contribution is 0.399. The standard InChI is InChI=1S/C12H13ClN4O/c1-7-8(13)4-3-5-9(7)17-11-10(14)12(18-2)16-6-15-11/h3-6H,14H2,1-2H3,(H,15,16,17). The third-order valence-electron chi connectivity index (χ3n) is 2.56. The summed E-state index contributed by atoms with van der Waals surface area (Å²) in [6.07, 6.45) is 1.39. The maximum absolute atomic E-state index is 6.05. The molecule has 0 aliphatic heterocycles. The summed E-state index contributed by atoms with van der Waals surface area (Å²) >= 11 is 6.05. The molecule has 0 fully saturated rings. The van der Waals surface area contributed by atoms with E-state index in [1.807, 2.05) is 25.1 Å². The highest BCUT2D eigenvalue weighted by molar-refractivity contribution is 6.31. The number of hydrogen-bond acceptors (Lipinski definition) is 5. The zero-order valence-corrected chi connectivity index (χ0v) is 10.8. The van der Waals surface area contributed by atoms with Gasteiger partial charge in [-0.1, -0.05) is 17.7 Å². The molecule has 5 nitrogen and oxygen atoms in total. The zero-order chi connectivity index (χ0) is 13.1. The summed E-state index contributed by atoms with van der Waals surface area (Å²) in [5, 5.41) is 3.80. The van der Waals surface area contributed by atoms with Gasteiger partial charge in [0.15, 0.2) is 5.82 Å². The molecule has 6 heteroatoms. The van der Waals surface area contributed by atoms with Crippen LogP contribution in [0.3, 0.4) is 0 Å². The van der Waals surface area contributed by atoms with Crippen LogP contribution >= 0.6 is 11.6 Å². The van der Waals surface area contributed by atoms with Crippen LogP contribution < -0.4 is 15.8 Å². The first-order chi connectivity index (χ1) is 8.63. The molecule has 3 N–H and O–H groups in total. The van der Waals surface area contributed by atoms with Crippen molar-refractivity contribution in [2.24, 2.45) is 0 Å². The van der Waals surface area contributed by atoms with E-state index in [0.717, 1.165) is 11.3 Å². The minimum atomic E-state index is 0.340. The lowest BCUT2D eigenvalue weighted by Gasteiger charge is -2.12. The van der Waals surface area contributed by atoms with E-state index in [4.69, 9.17) is 22.1 Å². The van der Waals surface area contributed by atoms with Gasteiger partial charge in [0, 0.05) is 10.7 Å². The van der Waals surface area contributed by atoms with Crippen LogP contribution in [0.1, 0.15) is 5.56 Å². The topological polar surface area (TPSA) is 73.1 Å². The molecular formula is C12H13ClN4O. The first kappa shape index (κ1) is 12.4. The zero-order valence-electron chi connectivity index (χ0n) is 10.1. The second-order valence-corrected chi connectivity index (χ2v) is 4.09. The number of nitrogens with one attached hydrogen (secondary N) is 1. The monoisotopic (exact) mass is 264 g/mol. The molecular weight excluding hydrogens is 252 g/mol. The van der Waals surface area contributed by atoms with Crippen LogP contribution in [0.15, 0.2) is 24.5 Å². The van der Waals surface area contributed by atoms with Gasteiger partial charge in [-0.2, -0.15) is 4.98 Å². The molecule has 0 atom stereocenters. The van der Waals surface area contributed by atoms with Crippen molar-refractivity contribution in [3.63, 3.8) is 0 Å². The van der Waals surface area contributed by atoms with E-state index < -0.39 is 0 Å². The average Bonchev–Trinajstić information content (AvgIpc) is 2.37. The Labute approximate surface area is 110 Å². The quantitative estimate of drug-likeness (QED) is 0.892. The Kier molecular flexibility index (Phi) is 3.53. The van der Waals surface area contributed by atoms with Gasteiger partial charge in [0.2, 0.25) is 5.88 Å². The number of hydrogen-bond donors (Lipinski definition) is 2. The molecule has 0 unspecified atom stereocenters. The van der Waals surface area contributed by atoms with E-state index in [-0.39, 0.29) is 0 Å². The van der Waals surface area contributed by atoms with Crippen molar-refractivity contribution in [3.05, 3.63) is 35.1 Å². The van der Waals surface area contributed by atoms with Crippen LogP contribution in [0.25, 0.3) is 0 Å². The predicted molar refractivity (Wildman–Crippen MR) is 72.5 cm³/mol. The van der Waals surface area contributed by atoms with Crippen LogP contribution in [-0.2, 0) is 0 Å². The largest absolute Gasteiger partial charge is 0.479 e. The summed E-state index contributed by atoms with van der Waals surface area (Å²) < 4.78 is 5.04. The first-order valence-corrected chi connectivity index (χ1v) is 5.68. The fourth-order valence-corrected chi connectivity index (χ4v) is 1.69. The third-order valence-corrected chi connectivity index (χ3v) is 2.97. The predicted octanol–water partition coefficient (Wildman–Crippen LogP) is 2.77. The number of methoxy groups -OCH3 is 1. The third kappa shape index (κ3) is 2.31. The average molecular weight is 265 g/mol. The van der Waals surface area contributed by atoms with E-state index >= 15 is 0 Å². The summed E-state index contributed by atoms with van der Waals surface area (Å²) in [5.41, 5.74) is 8.01. The van der Waals surface area contributed by atoms with Crippen molar-refractivity contribution in [2.75, 3.05) is 18.2 Å². The van der Waals surface area contributed by atoms with E-state index in [1.165, 1.54) is 13.4 Å². The molecule has 1 aromatic carbocycles. The van der Waals surface area contributed by atoms with Gasteiger partial charge in [-0.05, 0) is 24.6 Å². The molecule has 0 spiro atoms. The number of ether oxygens (including phenoxy) is 1. The lowest BCUT2D eigenvalue weighted by Crippen LogP contribution is -2.04. The van der Waals surface area contributed by atoms with E-state index in [1.54, 1.807) is 0 Å². The van der Waals surface area contributed by atoms with Crippen LogP contribution in [-0.4, -0.2) is 17.1 Å². The van der Waals surface area contributed by atoms with E-state index in [9.17, 15) is 0 Å². The number of benzene rings is 1. The molecule has 0 bridgehead atoms. The fraction of sp³-hybridized carbons (Fsp3) is 0.167. The molecule has 18 heavy (non-hydrogen) atoms. The Bertz CT molecular complexity index is 574. The van der Waals surface area contributed by atoms with Crippen molar-refractivity contribution in [3.8, 4) is 5.88 Å². The van der Waals surface area contributed by atoms with Gasteiger partial charge in [0.05, 0.1) is 7.11 Å². The summed E-state index contributed by atoms with van der Waals surface area (Å²) in [4.78, 5) is 8.00. The normalized spacial score (nSPS) is 10.2. The SMILES string of the molecule is COc1ncnc(Nc2cccc(Cl)c2C)c1N. The molecule has 0 aliphatic carbocycles. The summed E-state index contributed by atoms with van der Waals surface area (Å²) in [5.74, 6) is 0.833. The molecule has 1 aromatic heterocycles. The Morgan fingerprint density at radius 2 is 2.11 bits per heavy atom. The van der Waals surface area contributed by atoms with Crippen LogP contribution in [0, 0.1) is 6.92 Å². The molecule has 1 heterocycles. The fourth-order valence-electron chi connectivity index (χ4n) is 1.51. The second kappa shape index (κ2) is 5.10. The minimum absolute atomic E-state index is 0.340. The van der Waals surface area contributed by atoms with Crippen molar-refractivity contribution in [1.82, 2.24) is 9.97 Å². The summed E-state index contributed by atoms with van der Waals surface area (Å²) in [7, 11) is 1.51. The van der Waals surface area contributed by atoms with Crippen molar-refractivity contribution in [2.45, 2.75) is 6.92 Å². The van der Waals surface area contributed by atoms with Crippen LogP contribution in [0.2, 0.25) is 5.02 Å². The van der Waals surface area contributed by atoms with Gasteiger partial charge in [0.25, 0.3) is 0 Å². The second-order valence-electron chi connectivity index (χ2n) is 3.68. The van der Waals surface area contributed by atoms with Gasteiger partial charge in [0.1, 0.15) is 12.0 Å². The van der Waals surface area contributed by atoms with Gasteiger partial charge < -0.3 is 15.8 Å². The van der Waals surface area contributed by atoms with Gasteiger partial charge in [-0.25, -0.2) is 4.98 Å². The Morgan fingerprint density at radius 3 is 2.83 bits per heavy atom. The Balaban J connectivity index is 2.37. The highest BCUT2D eigenvalue weighted by atomic mass is 35.5. The molecule has 0 radical (unpaired) electrons. The molecule has 94 valence electrons. The van der Waals surface area contributed by atoms with E-state index in [0.29, 0.717) is 22.4 Å². The molecule has 0 saturated carbocycles. The number of aromatic nitrogens is 2. The minimum Gasteiger partial charge on any atom is -0.479 e. The molecule has 0 saturated heterocycles. The number of nitrogens with two attached hydrogens (primary N) is 1. The van der Waals surface area contributed by atoms with Gasteiger partial charge in [-0.15, -0.1) is 0 Å². The number of anilines is 3. The first-order valence-electron chi connectivity index (χ1n) is 5.30. The van der Waals surface area contributed by atoms with Crippen LogP contribution in [0.5, 0.6) is 5.88 Å². The number of nitrogens with zero attached hydrogens (tertiary/aromatic N) is 2. The van der Waals surface area contributed by atoms with E-state index in [2.05, 4.69) is 15.3 Å². The summed E-state index contributed by atoms with van der Waals surface area (Å²) in [6.45, 7) is 1.92. The van der Waals surface area contributed by atoms with Crippen molar-refractivity contribution < 1.29 is 4.74 Å². The van der Waals surface area contributed by atoms with Gasteiger partial charge >= 0.3 is 0 Å². The van der Waals surface area contributed by atoms with Crippen LogP contribution in [0.4, 0.5) is 17.2 Å². The Hall–Kier alpha value is -2.01. The maximum Gasteiger partial charge on any atom is 0.242 e. The summed E-state index contributed by atoms with van der Waals surface area (Å²) in [6, 6.07) is 5.58.